The molecule has 0 spiro atoms. The maximum atomic E-state index is 13.5. The number of aromatic amines is 1. The molecular formula is C22H29N3O5S. The van der Waals surface area contributed by atoms with Gasteiger partial charge in [0.25, 0.3) is 15.9 Å². The van der Waals surface area contributed by atoms with Gasteiger partial charge in [-0.1, -0.05) is 39.0 Å². The second-order valence-electron chi connectivity index (χ2n) is 9.02. The minimum absolute atomic E-state index is 0.140. The van der Waals surface area contributed by atoms with Gasteiger partial charge in [0.05, 0.1) is 6.61 Å². The first-order valence-corrected chi connectivity index (χ1v) is 11.6. The number of amides is 1. The number of carbonyl (C=O) groups is 1. The third-order valence-electron chi connectivity index (χ3n) is 5.30. The van der Waals surface area contributed by atoms with Gasteiger partial charge >= 0.3 is 0 Å². The second-order valence-corrected chi connectivity index (χ2v) is 10.7. The van der Waals surface area contributed by atoms with Crippen LogP contribution in [-0.2, 0) is 26.9 Å². The molecular weight excluding hydrogens is 418 g/mol. The van der Waals surface area contributed by atoms with Gasteiger partial charge in [-0.2, -0.15) is 8.42 Å². The van der Waals surface area contributed by atoms with Gasteiger partial charge in [0, 0.05) is 24.7 Å². The number of aromatic nitrogens is 1. The van der Waals surface area contributed by atoms with Gasteiger partial charge in [-0.15, -0.1) is 0 Å². The predicted octanol–water partition coefficient (Wildman–Crippen LogP) is 2.36. The smallest absolute Gasteiger partial charge is 0.279 e. The maximum absolute atomic E-state index is 13.5. The molecule has 1 amide bonds. The molecule has 0 saturated carbocycles. The molecule has 2 N–H and O–H groups in total. The molecule has 0 radical (unpaired) electrons. The summed E-state index contributed by atoms with van der Waals surface area (Å²) in [6.07, 6.45) is 0. The molecule has 31 heavy (non-hydrogen) atoms. The lowest BCUT2D eigenvalue weighted by molar-refractivity contribution is -0.131. The average Bonchev–Trinajstić information content (AvgIpc) is 2.94. The van der Waals surface area contributed by atoms with Crippen molar-refractivity contribution in [2.45, 2.75) is 51.7 Å². The number of rotatable bonds is 6. The van der Waals surface area contributed by atoms with Crippen LogP contribution in [0, 0.1) is 5.41 Å². The first-order valence-electron chi connectivity index (χ1n) is 10.2. The highest BCUT2D eigenvalue weighted by Crippen LogP contribution is 2.44. The van der Waals surface area contributed by atoms with Gasteiger partial charge in [0.2, 0.25) is 5.56 Å². The number of H-pyrrole nitrogens is 1. The molecule has 8 nitrogen and oxygen atoms in total. The van der Waals surface area contributed by atoms with Crippen LogP contribution in [-0.4, -0.2) is 37.4 Å². The monoisotopic (exact) mass is 447 g/mol. The zero-order valence-electron chi connectivity index (χ0n) is 18.5. The van der Waals surface area contributed by atoms with Gasteiger partial charge in [0.15, 0.2) is 5.03 Å². The first kappa shape index (κ1) is 23.0. The summed E-state index contributed by atoms with van der Waals surface area (Å²) in [5.74, 6) is -0.000434. The summed E-state index contributed by atoms with van der Waals surface area (Å²) >= 11 is 0. The van der Waals surface area contributed by atoms with Crippen molar-refractivity contribution in [2.24, 2.45) is 5.41 Å². The Bertz CT molecular complexity index is 1150. The Hall–Kier alpha value is -2.65. The van der Waals surface area contributed by atoms with Gasteiger partial charge in [-0.05, 0) is 37.0 Å². The zero-order valence-corrected chi connectivity index (χ0v) is 19.3. The topological polar surface area (TPSA) is 109 Å². The molecule has 2 heterocycles. The Morgan fingerprint density at radius 2 is 1.90 bits per heavy atom. The molecule has 0 aliphatic carbocycles. The van der Waals surface area contributed by atoms with Crippen molar-refractivity contribution in [3.8, 4) is 5.75 Å². The van der Waals surface area contributed by atoms with E-state index in [0.29, 0.717) is 31.0 Å². The van der Waals surface area contributed by atoms with Gasteiger partial charge in [-0.25, -0.2) is 4.72 Å². The van der Waals surface area contributed by atoms with Crippen LogP contribution in [0.4, 0.5) is 0 Å². The average molecular weight is 448 g/mol. The van der Waals surface area contributed by atoms with Crippen molar-refractivity contribution < 1.29 is 17.9 Å². The van der Waals surface area contributed by atoms with Crippen molar-refractivity contribution in [1.82, 2.24) is 14.6 Å². The summed E-state index contributed by atoms with van der Waals surface area (Å²) in [6, 6.07) is 9.26. The van der Waals surface area contributed by atoms with E-state index in [0.717, 1.165) is 5.56 Å². The molecule has 1 aromatic heterocycles. The normalized spacial score (nSPS) is 19.1. The number of hydrogen-bond acceptors (Lipinski definition) is 6. The Morgan fingerprint density at radius 3 is 2.52 bits per heavy atom. The highest BCUT2D eigenvalue weighted by molar-refractivity contribution is 7.90. The number of carbonyl (C=O) groups excluding carboxylic acids is 1. The Balaban J connectivity index is 2.05. The van der Waals surface area contributed by atoms with E-state index >= 15 is 0 Å². The molecule has 1 aliphatic heterocycles. The summed E-state index contributed by atoms with van der Waals surface area (Å²) in [5, 5.41) is -0.361. The number of pyridine rings is 1. The van der Waals surface area contributed by atoms with Crippen LogP contribution in [0.3, 0.4) is 0 Å². The van der Waals surface area contributed by atoms with Crippen LogP contribution in [0.5, 0.6) is 5.75 Å². The van der Waals surface area contributed by atoms with Crippen molar-refractivity contribution in [3.05, 3.63) is 57.9 Å². The fraction of sp³-hybridized carbons (Fsp3) is 0.455. The third kappa shape index (κ3) is 4.52. The zero-order chi connectivity index (χ0) is 23.0. The van der Waals surface area contributed by atoms with E-state index in [4.69, 9.17) is 4.74 Å². The summed E-state index contributed by atoms with van der Waals surface area (Å²) in [7, 11) is -4.26. The Kier molecular flexibility index (Phi) is 6.03. The van der Waals surface area contributed by atoms with Gasteiger partial charge in [-0.3, -0.25) is 14.5 Å². The van der Waals surface area contributed by atoms with Crippen molar-refractivity contribution in [1.29, 1.82) is 0 Å². The van der Waals surface area contributed by atoms with E-state index in [9.17, 15) is 18.0 Å². The number of hydrogen-bond donors (Lipinski definition) is 2. The van der Waals surface area contributed by atoms with Crippen LogP contribution < -0.4 is 15.0 Å². The number of benzene rings is 1. The predicted molar refractivity (Wildman–Crippen MR) is 117 cm³/mol. The van der Waals surface area contributed by atoms with Crippen molar-refractivity contribution in [2.75, 3.05) is 13.2 Å². The SMILES string of the molecule is CCOc1cccc2c1CN(CC(C)(C)C)C2(C)C(=O)NS(=O)(=O)c1cccc(=O)[nH]1. The van der Waals surface area contributed by atoms with Crippen LogP contribution >= 0.6 is 0 Å². The van der Waals surface area contributed by atoms with Crippen LogP contribution in [0.1, 0.15) is 45.7 Å². The van der Waals surface area contributed by atoms with E-state index in [2.05, 4.69) is 30.5 Å². The molecule has 0 bridgehead atoms. The first-order chi connectivity index (χ1) is 14.4. The van der Waals surface area contributed by atoms with Crippen molar-refractivity contribution >= 4 is 15.9 Å². The lowest BCUT2D eigenvalue weighted by atomic mass is 9.88. The van der Waals surface area contributed by atoms with Gasteiger partial charge in [0.1, 0.15) is 11.3 Å². The van der Waals surface area contributed by atoms with E-state index < -0.39 is 27.0 Å². The maximum Gasteiger partial charge on any atom is 0.279 e. The summed E-state index contributed by atoms with van der Waals surface area (Å²) < 4.78 is 33.6. The molecule has 9 heteroatoms. The molecule has 2 aromatic rings. The summed E-state index contributed by atoms with van der Waals surface area (Å²) in [5.41, 5.74) is -0.367. The second kappa shape index (κ2) is 8.12. The van der Waals surface area contributed by atoms with E-state index in [1.807, 2.05) is 24.0 Å². The Morgan fingerprint density at radius 1 is 1.23 bits per heavy atom. The highest BCUT2D eigenvalue weighted by atomic mass is 32.2. The summed E-state index contributed by atoms with van der Waals surface area (Å²) in [6.45, 7) is 11.3. The lowest BCUT2D eigenvalue weighted by Crippen LogP contribution is -2.54. The number of sulfonamides is 1. The van der Waals surface area contributed by atoms with E-state index in [1.165, 1.54) is 18.2 Å². The quantitative estimate of drug-likeness (QED) is 0.704. The fourth-order valence-electron chi connectivity index (χ4n) is 3.91. The van der Waals surface area contributed by atoms with E-state index in [1.54, 1.807) is 13.0 Å². The molecule has 1 aliphatic rings. The molecule has 3 rings (SSSR count). The molecule has 0 fully saturated rings. The minimum atomic E-state index is -4.26. The van der Waals surface area contributed by atoms with Crippen LogP contribution in [0.25, 0.3) is 0 Å². The fourth-order valence-corrected chi connectivity index (χ4v) is 4.95. The number of ether oxygens (including phenoxy) is 1. The molecule has 168 valence electrons. The van der Waals surface area contributed by atoms with E-state index in [-0.39, 0.29) is 10.4 Å². The Labute approximate surface area is 182 Å². The van der Waals surface area contributed by atoms with Crippen molar-refractivity contribution in [3.63, 3.8) is 0 Å². The molecule has 1 unspecified atom stereocenters. The third-order valence-corrected chi connectivity index (χ3v) is 6.58. The molecule has 1 aromatic carbocycles. The van der Waals surface area contributed by atoms with Gasteiger partial charge < -0.3 is 9.72 Å². The molecule has 0 saturated heterocycles. The summed E-state index contributed by atoms with van der Waals surface area (Å²) in [4.78, 5) is 29.3. The van der Waals surface area contributed by atoms with Crippen LogP contribution in [0.2, 0.25) is 0 Å². The lowest BCUT2D eigenvalue weighted by Gasteiger charge is -2.38. The standard InChI is InChI=1S/C22H29N3O5S/c1-6-30-17-10-7-9-16-15(17)13-25(14-21(2,3)4)22(16,5)20(27)24-31(28,29)19-12-8-11-18(26)23-19/h7-12H,6,13-14H2,1-5H3,(H,23,26)(H,24,27). The number of fused-ring (bicyclic) bond motifs is 1. The highest BCUT2D eigenvalue weighted by Gasteiger charge is 2.50. The minimum Gasteiger partial charge on any atom is -0.494 e. The van der Waals surface area contributed by atoms with Crippen LogP contribution in [0.15, 0.2) is 46.2 Å². The largest absolute Gasteiger partial charge is 0.494 e. The number of nitrogens with zero attached hydrogens (tertiary/aromatic N) is 1. The molecule has 1 atom stereocenters. The number of nitrogens with one attached hydrogen (secondary N) is 2.